The van der Waals surface area contributed by atoms with Crippen LogP contribution in [0.15, 0.2) is 54.2 Å². The third-order valence-electron chi connectivity index (χ3n) is 7.71. The molecule has 3 rings (SSSR count). The number of anilines is 1. The van der Waals surface area contributed by atoms with Gasteiger partial charge in [0.05, 0.1) is 11.5 Å². The van der Waals surface area contributed by atoms with Gasteiger partial charge < -0.3 is 14.8 Å². The summed E-state index contributed by atoms with van der Waals surface area (Å²) in [6.45, 7) is 12.3. The minimum absolute atomic E-state index is 0.0751. The van der Waals surface area contributed by atoms with Crippen molar-refractivity contribution >= 4 is 22.9 Å². The molecule has 43 heavy (non-hydrogen) atoms. The van der Waals surface area contributed by atoms with Crippen LogP contribution < -0.4 is 19.4 Å². The van der Waals surface area contributed by atoms with E-state index in [0.29, 0.717) is 12.4 Å². The molecule has 0 unspecified atom stereocenters. The molecule has 1 amide bonds. The predicted octanol–water partition coefficient (Wildman–Crippen LogP) is 9.79. The maximum absolute atomic E-state index is 12.8. The van der Waals surface area contributed by atoms with Crippen molar-refractivity contribution in [3.05, 3.63) is 70.2 Å². The molecule has 3 aromatic rings. The molecule has 0 saturated heterocycles. The Balaban J connectivity index is 1.42. The maximum atomic E-state index is 12.8. The highest BCUT2D eigenvalue weighted by Crippen LogP contribution is 2.38. The standard InChI is InChI=1S/C37H54N2O3S/c1-6-7-8-9-10-11-12-13-14-15-16-17-25-41-36-33(37(3,4)5)19-18-20-34(36)42-28-35(40)38-32-23-21-31(22-24-32)27-39-26-30(2)43-29-39/h18-24,26,29H,6-17,25,27-28H2,1-5H3/p+1. The second kappa shape index (κ2) is 18.7. The Kier molecular flexibility index (Phi) is 15.1. The molecule has 1 N–H and O–H groups in total. The molecule has 2 aromatic carbocycles. The Morgan fingerprint density at radius 1 is 0.837 bits per heavy atom. The van der Waals surface area contributed by atoms with E-state index in [9.17, 15) is 4.79 Å². The predicted molar refractivity (Wildman–Crippen MR) is 181 cm³/mol. The zero-order valence-electron chi connectivity index (χ0n) is 27.4. The molecule has 0 spiro atoms. The second-order valence-corrected chi connectivity index (χ2v) is 13.9. The fraction of sp³-hybridized carbons (Fsp3) is 0.568. The van der Waals surface area contributed by atoms with Crippen LogP contribution in [0.2, 0.25) is 0 Å². The van der Waals surface area contributed by atoms with Crippen LogP contribution in [0.25, 0.3) is 0 Å². The summed E-state index contributed by atoms with van der Waals surface area (Å²) in [7, 11) is 0. The van der Waals surface area contributed by atoms with Crippen LogP contribution in [-0.2, 0) is 16.8 Å². The van der Waals surface area contributed by atoms with E-state index in [1.54, 1.807) is 11.3 Å². The van der Waals surface area contributed by atoms with E-state index in [4.69, 9.17) is 9.47 Å². The second-order valence-electron chi connectivity index (χ2n) is 12.8. The van der Waals surface area contributed by atoms with Crippen LogP contribution in [0.4, 0.5) is 5.69 Å². The summed E-state index contributed by atoms with van der Waals surface area (Å²) in [6.07, 6.45) is 17.9. The van der Waals surface area contributed by atoms with Gasteiger partial charge in [-0.3, -0.25) is 4.79 Å². The summed E-state index contributed by atoms with van der Waals surface area (Å²) in [5, 5.41) is 2.96. The van der Waals surface area contributed by atoms with E-state index in [1.807, 2.05) is 36.4 Å². The summed E-state index contributed by atoms with van der Waals surface area (Å²) in [4.78, 5) is 14.1. The summed E-state index contributed by atoms with van der Waals surface area (Å²) in [5.74, 6) is 1.19. The first-order chi connectivity index (χ1) is 20.8. The number of para-hydroxylation sites is 1. The first-order valence-corrected chi connectivity index (χ1v) is 17.4. The van der Waals surface area contributed by atoms with E-state index in [0.717, 1.165) is 30.0 Å². The number of aromatic nitrogens is 1. The number of carbonyl (C=O) groups is 1. The zero-order valence-corrected chi connectivity index (χ0v) is 28.2. The van der Waals surface area contributed by atoms with E-state index in [1.165, 1.54) is 81.1 Å². The number of amides is 1. The molecule has 236 valence electrons. The largest absolute Gasteiger partial charge is 0.489 e. The number of unbranched alkanes of at least 4 members (excludes halogenated alkanes) is 11. The molecule has 0 bridgehead atoms. The molecule has 0 atom stereocenters. The minimum Gasteiger partial charge on any atom is -0.489 e. The van der Waals surface area contributed by atoms with E-state index < -0.39 is 0 Å². The lowest BCUT2D eigenvalue weighted by Crippen LogP contribution is -2.30. The van der Waals surface area contributed by atoms with Gasteiger partial charge in [-0.15, -0.1) is 0 Å². The molecule has 1 heterocycles. The van der Waals surface area contributed by atoms with Gasteiger partial charge in [0.2, 0.25) is 5.51 Å². The average molecular weight is 608 g/mol. The fourth-order valence-corrected chi connectivity index (χ4v) is 5.89. The van der Waals surface area contributed by atoms with Gasteiger partial charge in [-0.05, 0) is 37.0 Å². The van der Waals surface area contributed by atoms with Gasteiger partial charge in [0.1, 0.15) is 0 Å². The van der Waals surface area contributed by atoms with Crippen molar-refractivity contribution in [1.29, 1.82) is 0 Å². The molecule has 0 fully saturated rings. The molecule has 1 aromatic heterocycles. The number of hydrogen-bond donors (Lipinski definition) is 1. The minimum atomic E-state index is -0.191. The molecule has 0 aliphatic rings. The van der Waals surface area contributed by atoms with E-state index in [-0.39, 0.29) is 17.9 Å². The van der Waals surface area contributed by atoms with Crippen molar-refractivity contribution in [2.24, 2.45) is 0 Å². The van der Waals surface area contributed by atoms with Crippen molar-refractivity contribution < 1.29 is 18.8 Å². The van der Waals surface area contributed by atoms with Crippen molar-refractivity contribution in [3.8, 4) is 11.5 Å². The smallest absolute Gasteiger partial charge is 0.262 e. The third kappa shape index (κ3) is 13.1. The number of thiazole rings is 1. The quantitative estimate of drug-likeness (QED) is 0.103. The Bertz CT molecular complexity index is 1210. The Morgan fingerprint density at radius 3 is 2.05 bits per heavy atom. The lowest BCUT2D eigenvalue weighted by Gasteiger charge is -2.24. The molecule has 5 nitrogen and oxygen atoms in total. The van der Waals surface area contributed by atoms with Gasteiger partial charge in [0.25, 0.3) is 5.91 Å². The van der Waals surface area contributed by atoms with Crippen LogP contribution in [0.3, 0.4) is 0 Å². The van der Waals surface area contributed by atoms with Crippen LogP contribution in [0.5, 0.6) is 11.5 Å². The van der Waals surface area contributed by atoms with E-state index in [2.05, 4.69) is 62.3 Å². The number of rotatable bonds is 20. The number of carbonyl (C=O) groups excluding carboxylic acids is 1. The van der Waals surface area contributed by atoms with Crippen LogP contribution >= 0.6 is 11.3 Å². The van der Waals surface area contributed by atoms with Crippen molar-refractivity contribution in [3.63, 3.8) is 0 Å². The monoisotopic (exact) mass is 607 g/mol. The molecule has 0 radical (unpaired) electrons. The van der Waals surface area contributed by atoms with Gasteiger partial charge in [-0.1, -0.05) is 134 Å². The number of nitrogens with one attached hydrogen (secondary N) is 1. The number of aryl methyl sites for hydroxylation is 1. The summed E-state index contributed by atoms with van der Waals surface area (Å²) in [6, 6.07) is 14.0. The first-order valence-electron chi connectivity index (χ1n) is 16.5. The van der Waals surface area contributed by atoms with Gasteiger partial charge in [0, 0.05) is 16.8 Å². The average Bonchev–Trinajstić information content (AvgIpc) is 3.39. The summed E-state index contributed by atoms with van der Waals surface area (Å²) < 4.78 is 14.6. The van der Waals surface area contributed by atoms with E-state index >= 15 is 0 Å². The highest BCUT2D eigenvalue weighted by atomic mass is 32.1. The van der Waals surface area contributed by atoms with Crippen molar-refractivity contribution in [2.45, 2.75) is 124 Å². The van der Waals surface area contributed by atoms with Gasteiger partial charge in [-0.2, -0.15) is 4.57 Å². The Morgan fingerprint density at radius 2 is 1.47 bits per heavy atom. The normalized spacial score (nSPS) is 11.5. The summed E-state index contributed by atoms with van der Waals surface area (Å²) >= 11 is 1.74. The number of ether oxygens (including phenoxy) is 2. The van der Waals surface area contributed by atoms with Crippen LogP contribution in [0, 0.1) is 6.92 Å². The van der Waals surface area contributed by atoms with Gasteiger partial charge in [-0.25, -0.2) is 0 Å². The molecule has 0 saturated carbocycles. The van der Waals surface area contributed by atoms with Crippen LogP contribution in [0.1, 0.15) is 121 Å². The van der Waals surface area contributed by atoms with Crippen molar-refractivity contribution in [1.82, 2.24) is 0 Å². The highest BCUT2D eigenvalue weighted by Gasteiger charge is 2.22. The number of hydrogen-bond acceptors (Lipinski definition) is 4. The Labute approximate surface area is 265 Å². The number of nitrogens with zero attached hydrogens (tertiary/aromatic N) is 1. The highest BCUT2D eigenvalue weighted by molar-refractivity contribution is 7.09. The summed E-state index contributed by atoms with van der Waals surface area (Å²) in [5.41, 5.74) is 5.06. The molecular formula is C37H55N2O3S+. The maximum Gasteiger partial charge on any atom is 0.262 e. The molecule has 0 aliphatic heterocycles. The molecule has 6 heteroatoms. The lowest BCUT2D eigenvalue weighted by atomic mass is 9.86. The van der Waals surface area contributed by atoms with Gasteiger partial charge in [0.15, 0.2) is 30.8 Å². The topological polar surface area (TPSA) is 51.4 Å². The third-order valence-corrected chi connectivity index (χ3v) is 8.57. The Hall–Kier alpha value is -2.86. The van der Waals surface area contributed by atoms with Gasteiger partial charge >= 0.3 is 0 Å². The lowest BCUT2D eigenvalue weighted by molar-refractivity contribution is -0.683. The molecule has 0 aliphatic carbocycles. The number of benzene rings is 2. The van der Waals surface area contributed by atoms with Crippen molar-refractivity contribution in [2.75, 3.05) is 18.5 Å². The zero-order chi connectivity index (χ0) is 30.9. The SMILES string of the molecule is CCCCCCCCCCCCCCOc1c(OCC(=O)Nc2ccc(C[n+]3csc(C)c3)cc2)cccc1C(C)(C)C. The van der Waals surface area contributed by atoms with Crippen LogP contribution in [-0.4, -0.2) is 19.1 Å². The first kappa shape index (κ1) is 34.6. The molecular weight excluding hydrogens is 552 g/mol. The fourth-order valence-electron chi connectivity index (χ4n) is 5.26.